The van der Waals surface area contributed by atoms with Crippen molar-refractivity contribution in [3.05, 3.63) is 53.1 Å². The van der Waals surface area contributed by atoms with Gasteiger partial charge in [-0.3, -0.25) is 4.79 Å². The predicted octanol–water partition coefficient (Wildman–Crippen LogP) is 4.81. The Morgan fingerprint density at radius 3 is 2.48 bits per heavy atom. The fourth-order valence-corrected chi connectivity index (χ4v) is 2.69. The van der Waals surface area contributed by atoms with Gasteiger partial charge in [0.2, 0.25) is 5.91 Å². The first kappa shape index (κ1) is 22.6. The fraction of sp³-hybridized carbons (Fsp3) is 0.318. The van der Waals surface area contributed by atoms with E-state index in [1.807, 2.05) is 6.92 Å². The normalized spacial score (nSPS) is 10.8. The summed E-state index contributed by atoms with van der Waals surface area (Å²) < 4.78 is 21.4. The van der Waals surface area contributed by atoms with Crippen molar-refractivity contribution in [2.75, 3.05) is 39.4 Å². The van der Waals surface area contributed by atoms with E-state index in [1.165, 1.54) is 6.08 Å². The molecule has 0 saturated carbocycles. The number of carbonyl (C=O) groups is 1. The van der Waals surface area contributed by atoms with Gasteiger partial charge in [-0.15, -0.1) is 0 Å². The van der Waals surface area contributed by atoms with Gasteiger partial charge < -0.3 is 24.3 Å². The highest BCUT2D eigenvalue weighted by Gasteiger charge is 2.11. The van der Waals surface area contributed by atoms with Crippen molar-refractivity contribution in [3.8, 4) is 17.2 Å². The van der Waals surface area contributed by atoms with Crippen LogP contribution >= 0.6 is 11.6 Å². The molecule has 0 aliphatic carbocycles. The van der Waals surface area contributed by atoms with Crippen molar-refractivity contribution in [1.29, 1.82) is 0 Å². The van der Waals surface area contributed by atoms with Crippen LogP contribution in [0.5, 0.6) is 17.2 Å². The molecule has 156 valence electrons. The summed E-state index contributed by atoms with van der Waals surface area (Å²) >= 11 is 6.30. The van der Waals surface area contributed by atoms with E-state index in [9.17, 15) is 4.79 Å². The van der Waals surface area contributed by atoms with Gasteiger partial charge in [0, 0.05) is 18.9 Å². The van der Waals surface area contributed by atoms with Gasteiger partial charge >= 0.3 is 0 Å². The number of benzene rings is 2. The van der Waals surface area contributed by atoms with Crippen LogP contribution in [0.25, 0.3) is 6.08 Å². The third-order valence-corrected chi connectivity index (χ3v) is 4.09. The first-order valence-corrected chi connectivity index (χ1v) is 9.66. The molecule has 2 rings (SSSR count). The van der Waals surface area contributed by atoms with E-state index >= 15 is 0 Å². The van der Waals surface area contributed by atoms with Crippen LogP contribution in [0.15, 0.2) is 42.5 Å². The van der Waals surface area contributed by atoms with E-state index < -0.39 is 0 Å². The number of carbonyl (C=O) groups excluding carboxylic acids is 1. The number of nitrogens with one attached hydrogen (secondary N) is 1. The second-order valence-electron chi connectivity index (χ2n) is 6.07. The molecular formula is C22H26ClNO5. The number of anilines is 1. The first-order chi connectivity index (χ1) is 14.1. The van der Waals surface area contributed by atoms with Crippen LogP contribution in [0.4, 0.5) is 5.69 Å². The molecule has 1 N–H and O–H groups in total. The summed E-state index contributed by atoms with van der Waals surface area (Å²) in [6.07, 6.45) is 3.96. The minimum Gasteiger partial charge on any atom is -0.493 e. The Morgan fingerprint density at radius 1 is 1.07 bits per heavy atom. The zero-order valence-electron chi connectivity index (χ0n) is 16.9. The standard InChI is InChI=1S/C22H26ClNO5/c1-4-11-29-22-19(23)14-16(15-20(22)27-3)5-10-21(25)24-17-6-8-18(9-7-17)28-13-12-26-2/h5-10,14-15H,4,11-13H2,1-3H3,(H,24,25)/b10-5+. The average Bonchev–Trinajstić information content (AvgIpc) is 2.72. The monoisotopic (exact) mass is 419 g/mol. The van der Waals surface area contributed by atoms with Gasteiger partial charge in [0.05, 0.1) is 25.3 Å². The lowest BCUT2D eigenvalue weighted by Gasteiger charge is -2.12. The summed E-state index contributed by atoms with van der Waals surface area (Å²) in [6.45, 7) is 3.55. The minimum atomic E-state index is -0.264. The quantitative estimate of drug-likeness (QED) is 0.418. The molecule has 0 fully saturated rings. The zero-order chi connectivity index (χ0) is 21.1. The lowest BCUT2D eigenvalue weighted by molar-refractivity contribution is -0.111. The second kappa shape index (κ2) is 12.0. The number of methoxy groups -OCH3 is 2. The molecule has 7 heteroatoms. The lowest BCUT2D eigenvalue weighted by Crippen LogP contribution is -2.08. The molecule has 0 aromatic heterocycles. The summed E-state index contributed by atoms with van der Waals surface area (Å²) in [5.41, 5.74) is 1.39. The molecule has 2 aromatic rings. The van der Waals surface area contributed by atoms with Gasteiger partial charge in [-0.2, -0.15) is 0 Å². The van der Waals surface area contributed by atoms with E-state index in [2.05, 4.69) is 5.32 Å². The second-order valence-corrected chi connectivity index (χ2v) is 6.48. The van der Waals surface area contributed by atoms with Crippen molar-refractivity contribution in [2.45, 2.75) is 13.3 Å². The molecule has 0 atom stereocenters. The Labute approximate surface area is 176 Å². The van der Waals surface area contributed by atoms with Gasteiger partial charge in [0.15, 0.2) is 11.5 Å². The van der Waals surface area contributed by atoms with Crippen molar-refractivity contribution in [1.82, 2.24) is 0 Å². The Balaban J connectivity index is 1.98. The highest BCUT2D eigenvalue weighted by molar-refractivity contribution is 6.32. The van der Waals surface area contributed by atoms with E-state index in [4.69, 9.17) is 30.5 Å². The molecule has 0 spiro atoms. The topological polar surface area (TPSA) is 66.0 Å². The van der Waals surface area contributed by atoms with Crippen molar-refractivity contribution >= 4 is 29.3 Å². The Morgan fingerprint density at radius 2 is 1.83 bits per heavy atom. The number of rotatable bonds is 11. The largest absolute Gasteiger partial charge is 0.493 e. The predicted molar refractivity (Wildman–Crippen MR) is 115 cm³/mol. The van der Waals surface area contributed by atoms with Crippen LogP contribution in [0, 0.1) is 0 Å². The van der Waals surface area contributed by atoms with Crippen LogP contribution in [-0.2, 0) is 9.53 Å². The molecule has 0 radical (unpaired) electrons. The number of halogens is 1. The van der Waals surface area contributed by atoms with Crippen molar-refractivity contribution in [2.24, 2.45) is 0 Å². The van der Waals surface area contributed by atoms with E-state index in [0.29, 0.717) is 47.8 Å². The summed E-state index contributed by atoms with van der Waals surface area (Å²) in [6, 6.07) is 10.6. The van der Waals surface area contributed by atoms with E-state index in [0.717, 1.165) is 12.0 Å². The molecule has 0 aliphatic heterocycles. The number of hydrogen-bond acceptors (Lipinski definition) is 5. The molecule has 0 unspecified atom stereocenters. The molecule has 2 aromatic carbocycles. The molecule has 0 bridgehead atoms. The number of hydrogen-bond donors (Lipinski definition) is 1. The maximum Gasteiger partial charge on any atom is 0.248 e. The van der Waals surface area contributed by atoms with Gasteiger partial charge in [0.1, 0.15) is 12.4 Å². The maximum atomic E-state index is 12.2. The zero-order valence-corrected chi connectivity index (χ0v) is 17.6. The summed E-state index contributed by atoms with van der Waals surface area (Å²) in [4.78, 5) is 12.2. The molecule has 0 aliphatic rings. The Bertz CT molecular complexity index is 821. The lowest BCUT2D eigenvalue weighted by atomic mass is 10.2. The van der Waals surface area contributed by atoms with Crippen LogP contribution in [0.3, 0.4) is 0 Å². The fourth-order valence-electron chi connectivity index (χ4n) is 2.41. The number of amides is 1. The summed E-state index contributed by atoms with van der Waals surface area (Å²) in [7, 11) is 3.17. The van der Waals surface area contributed by atoms with Crippen LogP contribution in [0.1, 0.15) is 18.9 Å². The first-order valence-electron chi connectivity index (χ1n) is 9.28. The highest BCUT2D eigenvalue weighted by atomic mass is 35.5. The molecular weight excluding hydrogens is 394 g/mol. The van der Waals surface area contributed by atoms with Crippen LogP contribution < -0.4 is 19.5 Å². The van der Waals surface area contributed by atoms with Gasteiger partial charge in [-0.1, -0.05) is 18.5 Å². The third-order valence-electron chi connectivity index (χ3n) is 3.81. The molecule has 0 saturated heterocycles. The Kier molecular flexibility index (Phi) is 9.34. The summed E-state index contributed by atoms with van der Waals surface area (Å²) in [5, 5.41) is 3.23. The van der Waals surface area contributed by atoms with Crippen molar-refractivity contribution in [3.63, 3.8) is 0 Å². The van der Waals surface area contributed by atoms with E-state index in [1.54, 1.807) is 56.7 Å². The van der Waals surface area contributed by atoms with E-state index in [-0.39, 0.29) is 5.91 Å². The molecule has 29 heavy (non-hydrogen) atoms. The number of ether oxygens (including phenoxy) is 4. The summed E-state index contributed by atoms with van der Waals surface area (Å²) in [5.74, 6) is 1.47. The van der Waals surface area contributed by atoms with Crippen LogP contribution in [0.2, 0.25) is 5.02 Å². The van der Waals surface area contributed by atoms with Crippen LogP contribution in [-0.4, -0.2) is 39.9 Å². The molecule has 0 heterocycles. The minimum absolute atomic E-state index is 0.264. The van der Waals surface area contributed by atoms with Gasteiger partial charge in [-0.25, -0.2) is 0 Å². The Hall–Kier alpha value is -2.70. The molecule has 1 amide bonds. The average molecular weight is 420 g/mol. The maximum absolute atomic E-state index is 12.2. The SMILES string of the molecule is CCCOc1c(Cl)cc(/C=C/C(=O)Nc2ccc(OCCOC)cc2)cc1OC. The van der Waals surface area contributed by atoms with Gasteiger partial charge in [-0.05, 0) is 54.5 Å². The highest BCUT2D eigenvalue weighted by Crippen LogP contribution is 2.36. The van der Waals surface area contributed by atoms with Crippen molar-refractivity contribution < 1.29 is 23.7 Å². The smallest absolute Gasteiger partial charge is 0.248 e. The third kappa shape index (κ3) is 7.33. The molecule has 6 nitrogen and oxygen atoms in total. The van der Waals surface area contributed by atoms with Gasteiger partial charge in [0.25, 0.3) is 0 Å².